The molecular weight excluding hydrogens is 945 g/mol. The summed E-state index contributed by atoms with van der Waals surface area (Å²) in [4.78, 5) is 25.1. The lowest BCUT2D eigenvalue weighted by Gasteiger charge is -2.14. The zero-order chi connectivity index (χ0) is 48.6. The molecule has 2 atom stereocenters. The van der Waals surface area contributed by atoms with Gasteiger partial charge in [0, 0.05) is 22.3 Å². The average Bonchev–Trinajstić information content (AvgIpc) is 4.09. The van der Waals surface area contributed by atoms with Crippen LogP contribution < -0.4 is 18.9 Å². The van der Waals surface area contributed by atoms with E-state index < -0.39 is 24.1 Å². The predicted octanol–water partition coefficient (Wildman–Crippen LogP) is 7.25. The lowest BCUT2D eigenvalue weighted by atomic mass is 10.2. The summed E-state index contributed by atoms with van der Waals surface area (Å²) in [6, 6.07) is 29.8. The van der Waals surface area contributed by atoms with E-state index in [2.05, 4.69) is 20.4 Å². The van der Waals surface area contributed by atoms with Gasteiger partial charge in [0.25, 0.3) is 0 Å². The van der Waals surface area contributed by atoms with E-state index >= 15 is 0 Å². The third-order valence-electron chi connectivity index (χ3n) is 9.97. The second-order valence-corrected chi connectivity index (χ2v) is 17.1. The summed E-state index contributed by atoms with van der Waals surface area (Å²) in [5.74, 6) is 1.44. The Morgan fingerprint density at radius 3 is 0.829 bits per heavy atom. The Bertz CT molecular complexity index is 2290. The number of esters is 2. The molecule has 7 aliphatic heterocycles. The number of nitrogens with zero attached hydrogens (tertiary/aromatic N) is 4. The molecule has 6 aromatic rings. The van der Waals surface area contributed by atoms with E-state index in [-0.39, 0.29) is 26.4 Å². The Hall–Kier alpha value is -6.10. The van der Waals surface area contributed by atoms with Crippen molar-refractivity contribution in [2.45, 2.75) is 26.1 Å². The largest absolute Gasteiger partial charge is 0.491 e. The van der Waals surface area contributed by atoms with E-state index in [4.69, 9.17) is 56.8 Å². The van der Waals surface area contributed by atoms with Crippen molar-refractivity contribution in [3.8, 4) is 65.3 Å². The van der Waals surface area contributed by atoms with E-state index in [1.165, 1.54) is 22.7 Å². The molecule has 0 saturated carbocycles. The molecule has 13 rings (SSSR count). The molecule has 9 heterocycles. The van der Waals surface area contributed by atoms with Gasteiger partial charge in [-0.05, 0) is 111 Å². The van der Waals surface area contributed by atoms with Crippen LogP contribution in [-0.4, -0.2) is 150 Å². The zero-order valence-electron chi connectivity index (χ0n) is 39.0. The number of carbonyl (C=O) groups excluding carboxylic acids is 2. The van der Waals surface area contributed by atoms with Crippen LogP contribution in [-0.2, 0) is 47.5 Å². The second kappa shape index (κ2) is 28.5. The SMILES string of the molecule is C[C@H]1Oc2ccc(cc2)-c2nnc(s2)-c2ccc(cc2)O[C@H](C)C(=O)OCCOCCOCCOCCOc2ccc(cc2)-c2nnc(s2)-c2ccc(cc2)OCCOCCOCCOCCOC1=O. The van der Waals surface area contributed by atoms with Gasteiger partial charge in [-0.15, -0.1) is 20.4 Å². The maximum Gasteiger partial charge on any atom is 0.347 e. The first kappa shape index (κ1) is 51.7. The van der Waals surface area contributed by atoms with Crippen LogP contribution in [0.25, 0.3) is 42.3 Å². The number of rotatable bonds is 0. The van der Waals surface area contributed by atoms with Gasteiger partial charge in [-0.3, -0.25) is 0 Å². The fourth-order valence-corrected chi connectivity index (χ4v) is 8.02. The summed E-state index contributed by atoms with van der Waals surface area (Å²) in [5, 5.41) is 20.5. The van der Waals surface area contributed by atoms with Crippen molar-refractivity contribution >= 4 is 34.6 Å². The van der Waals surface area contributed by atoms with E-state index in [0.29, 0.717) is 101 Å². The van der Waals surface area contributed by atoms with Gasteiger partial charge in [0.05, 0.1) is 79.3 Å². The molecular formula is C50H56N4O14S2. The topological polar surface area (TPSA) is 196 Å². The van der Waals surface area contributed by atoms with Crippen molar-refractivity contribution in [2.24, 2.45) is 0 Å². The number of benzene rings is 4. The van der Waals surface area contributed by atoms with Crippen molar-refractivity contribution < 1.29 is 66.4 Å². The molecule has 18 nitrogen and oxygen atoms in total. The molecule has 0 unspecified atom stereocenters. The normalized spacial score (nSPS) is 18.8. The van der Waals surface area contributed by atoms with Crippen LogP contribution in [0.5, 0.6) is 23.0 Å². The van der Waals surface area contributed by atoms with Crippen LogP contribution in [0.2, 0.25) is 0 Å². The minimum atomic E-state index is -0.829. The standard InChI is InChI=1S/C50H56N4O14S2/c1-35-49(55)65-33-29-61-25-21-57-19-23-59-27-31-63-41-11-3-37(4-12-41)45-51-52-46(69-45)38-5-13-42(14-6-38)64-32-28-60-24-20-58-22-26-62-30-34-66-50(56)36(2)68-44-17-9-40(10-18-44)48-54-53-47(70-48)39-7-15-43(67-35)16-8-39/h3-18,35-36H,19-34H2,1-2H3/t35-,36-/m1/s1. The number of hydrogen-bond acceptors (Lipinski definition) is 20. The molecule has 7 aliphatic rings. The maximum atomic E-state index is 12.5. The Kier molecular flexibility index (Phi) is 21.1. The summed E-state index contributed by atoms with van der Waals surface area (Å²) >= 11 is 2.92. The lowest BCUT2D eigenvalue weighted by Crippen LogP contribution is -2.27. The van der Waals surface area contributed by atoms with E-state index in [9.17, 15) is 9.59 Å². The van der Waals surface area contributed by atoms with Gasteiger partial charge < -0.3 is 56.8 Å². The molecule has 0 saturated heterocycles. The smallest absolute Gasteiger partial charge is 0.347 e. The zero-order valence-corrected chi connectivity index (χ0v) is 40.7. The van der Waals surface area contributed by atoms with Gasteiger partial charge in [-0.2, -0.15) is 0 Å². The Labute approximate surface area is 414 Å². The highest BCUT2D eigenvalue weighted by molar-refractivity contribution is 7.18. The molecule has 0 spiro atoms. The van der Waals surface area contributed by atoms with Crippen LogP contribution in [0.15, 0.2) is 97.1 Å². The third kappa shape index (κ3) is 17.1. The van der Waals surface area contributed by atoms with Gasteiger partial charge in [0.1, 0.15) is 69.5 Å². The van der Waals surface area contributed by atoms with Gasteiger partial charge in [0.2, 0.25) is 0 Å². The van der Waals surface area contributed by atoms with Gasteiger partial charge in [0.15, 0.2) is 12.2 Å². The number of aromatic nitrogens is 4. The highest BCUT2D eigenvalue weighted by Gasteiger charge is 2.19. The van der Waals surface area contributed by atoms with Crippen LogP contribution in [0.4, 0.5) is 0 Å². The van der Waals surface area contributed by atoms with E-state index in [1.807, 2.05) is 72.8 Å². The van der Waals surface area contributed by atoms with E-state index in [1.54, 1.807) is 38.1 Å². The molecule has 12 bridgehead atoms. The summed E-state index contributed by atoms with van der Waals surface area (Å²) < 4.78 is 67.4. The molecule has 70 heavy (non-hydrogen) atoms. The summed E-state index contributed by atoms with van der Waals surface area (Å²) in [5.41, 5.74) is 3.55. The minimum Gasteiger partial charge on any atom is -0.491 e. The minimum absolute atomic E-state index is 0.0824. The third-order valence-corrected chi connectivity index (χ3v) is 12.0. The molecule has 0 fully saturated rings. The van der Waals surface area contributed by atoms with Crippen molar-refractivity contribution in [1.29, 1.82) is 0 Å². The van der Waals surface area contributed by atoms with Crippen molar-refractivity contribution in [3.63, 3.8) is 0 Å². The van der Waals surface area contributed by atoms with Crippen molar-refractivity contribution in [1.82, 2.24) is 20.4 Å². The van der Waals surface area contributed by atoms with Gasteiger partial charge >= 0.3 is 11.9 Å². The van der Waals surface area contributed by atoms with Gasteiger partial charge in [-0.25, -0.2) is 9.59 Å². The second-order valence-electron chi connectivity index (χ2n) is 15.1. The summed E-state index contributed by atoms with van der Waals surface area (Å²) in [6.45, 7) is 8.53. The summed E-state index contributed by atoms with van der Waals surface area (Å²) in [6.07, 6.45) is -1.66. The highest BCUT2D eigenvalue weighted by Crippen LogP contribution is 2.33. The monoisotopic (exact) mass is 1000 g/mol. The molecule has 0 radical (unpaired) electrons. The quantitative estimate of drug-likeness (QED) is 0.138. The molecule has 4 aromatic carbocycles. The van der Waals surface area contributed by atoms with Crippen molar-refractivity contribution in [3.05, 3.63) is 97.1 Å². The van der Waals surface area contributed by atoms with Crippen LogP contribution >= 0.6 is 22.7 Å². The highest BCUT2D eigenvalue weighted by atomic mass is 32.1. The van der Waals surface area contributed by atoms with Crippen LogP contribution in [0.3, 0.4) is 0 Å². The average molecular weight is 1000 g/mol. The Balaban J connectivity index is 0.842. The first-order valence-electron chi connectivity index (χ1n) is 22.9. The molecule has 0 aliphatic carbocycles. The number of carbonyl (C=O) groups is 2. The van der Waals surface area contributed by atoms with E-state index in [0.717, 1.165) is 43.8 Å². The molecule has 0 amide bonds. The number of ether oxygens (including phenoxy) is 12. The molecule has 2 aromatic heterocycles. The number of hydrogen-bond donors (Lipinski definition) is 0. The van der Waals surface area contributed by atoms with Crippen LogP contribution in [0, 0.1) is 0 Å². The first-order chi connectivity index (χ1) is 34.4. The fraction of sp³-hybridized carbons (Fsp3) is 0.400. The fourth-order valence-electron chi connectivity index (χ4n) is 6.31. The summed E-state index contributed by atoms with van der Waals surface area (Å²) in [7, 11) is 0. The lowest BCUT2D eigenvalue weighted by molar-refractivity contribution is -0.153. The van der Waals surface area contributed by atoms with Crippen molar-refractivity contribution in [2.75, 3.05) is 106 Å². The molecule has 0 N–H and O–H groups in total. The van der Waals surface area contributed by atoms with Gasteiger partial charge in [-0.1, -0.05) is 22.7 Å². The first-order valence-corrected chi connectivity index (χ1v) is 24.5. The van der Waals surface area contributed by atoms with Crippen LogP contribution in [0.1, 0.15) is 13.8 Å². The Morgan fingerprint density at radius 2 is 0.557 bits per heavy atom. The predicted molar refractivity (Wildman–Crippen MR) is 260 cm³/mol. The molecule has 20 heteroatoms. The Morgan fingerprint density at radius 1 is 0.329 bits per heavy atom. The maximum absolute atomic E-state index is 12.5. The molecule has 372 valence electrons.